The van der Waals surface area contributed by atoms with Crippen molar-refractivity contribution in [2.45, 2.75) is 63.0 Å². The first-order valence-corrected chi connectivity index (χ1v) is 7.56. The molecule has 0 bridgehead atoms. The van der Waals surface area contributed by atoms with Crippen molar-refractivity contribution in [3.8, 4) is 0 Å². The van der Waals surface area contributed by atoms with Crippen molar-refractivity contribution in [2.24, 2.45) is 7.05 Å². The van der Waals surface area contributed by atoms with E-state index < -0.39 is 0 Å². The van der Waals surface area contributed by atoms with E-state index in [1.807, 2.05) is 18.5 Å². The fourth-order valence-electron chi connectivity index (χ4n) is 2.21. The number of nitrogens with one attached hydrogen (secondary N) is 1. The third kappa shape index (κ3) is 4.78. The topological polar surface area (TPSA) is 63.0 Å². The van der Waals surface area contributed by atoms with E-state index in [0.29, 0.717) is 11.3 Å². The Balaban J connectivity index is 2.63. The summed E-state index contributed by atoms with van der Waals surface area (Å²) >= 11 is 1.70. The molecule has 0 aliphatic heterocycles. The van der Waals surface area contributed by atoms with Crippen molar-refractivity contribution in [3.05, 3.63) is 5.82 Å². The molecule has 0 saturated heterocycles. The van der Waals surface area contributed by atoms with Crippen LogP contribution in [0.3, 0.4) is 0 Å². The number of hydrogen-bond acceptors (Lipinski definition) is 5. The van der Waals surface area contributed by atoms with Crippen LogP contribution in [0, 0.1) is 6.92 Å². The van der Waals surface area contributed by atoms with E-state index in [4.69, 9.17) is 0 Å². The third-order valence-corrected chi connectivity index (χ3v) is 4.22. The molecule has 0 amide bonds. The minimum Gasteiger partial charge on any atom is -0.394 e. The second-order valence-electron chi connectivity index (χ2n) is 5.74. The Morgan fingerprint density at radius 3 is 2.42 bits per heavy atom. The van der Waals surface area contributed by atoms with E-state index in [-0.39, 0.29) is 12.1 Å². The van der Waals surface area contributed by atoms with Crippen molar-refractivity contribution in [3.63, 3.8) is 0 Å². The first kappa shape index (κ1) is 16.5. The van der Waals surface area contributed by atoms with Crippen LogP contribution in [-0.2, 0) is 7.05 Å². The van der Waals surface area contributed by atoms with Crippen molar-refractivity contribution in [2.75, 3.05) is 6.61 Å². The zero-order valence-corrected chi connectivity index (χ0v) is 13.6. The highest BCUT2D eigenvalue weighted by Gasteiger charge is 2.27. The lowest BCUT2D eigenvalue weighted by Gasteiger charge is -2.33. The molecule has 19 heavy (non-hydrogen) atoms. The van der Waals surface area contributed by atoms with Gasteiger partial charge in [0.1, 0.15) is 5.82 Å². The molecule has 0 fully saturated rings. The van der Waals surface area contributed by atoms with Crippen LogP contribution in [0.15, 0.2) is 5.16 Å². The van der Waals surface area contributed by atoms with Crippen LogP contribution in [0.5, 0.6) is 0 Å². The van der Waals surface area contributed by atoms with E-state index in [0.717, 1.165) is 17.4 Å². The Labute approximate surface area is 120 Å². The number of rotatable bonds is 7. The molecule has 1 aromatic heterocycles. The Morgan fingerprint density at radius 1 is 1.37 bits per heavy atom. The highest BCUT2D eigenvalue weighted by atomic mass is 32.2. The van der Waals surface area contributed by atoms with Gasteiger partial charge in [0.25, 0.3) is 0 Å². The molecule has 5 nitrogen and oxygen atoms in total. The summed E-state index contributed by atoms with van der Waals surface area (Å²) in [6, 6.07) is 0.353. The largest absolute Gasteiger partial charge is 0.394 e. The highest BCUT2D eigenvalue weighted by molar-refractivity contribution is 7.99. The maximum absolute atomic E-state index is 9.60. The summed E-state index contributed by atoms with van der Waals surface area (Å²) in [6.45, 7) is 10.5. The minimum atomic E-state index is -0.256. The predicted octanol–water partition coefficient (Wildman–Crippen LogP) is 1.74. The zero-order chi connectivity index (χ0) is 14.6. The summed E-state index contributed by atoms with van der Waals surface area (Å²) in [6.07, 6.45) is 0.873. The van der Waals surface area contributed by atoms with Crippen molar-refractivity contribution in [1.29, 1.82) is 0 Å². The smallest absolute Gasteiger partial charge is 0.191 e. The van der Waals surface area contributed by atoms with Crippen molar-refractivity contribution in [1.82, 2.24) is 20.1 Å². The highest BCUT2D eigenvalue weighted by Crippen LogP contribution is 2.27. The van der Waals surface area contributed by atoms with E-state index in [9.17, 15) is 5.11 Å². The van der Waals surface area contributed by atoms with Gasteiger partial charge in [0, 0.05) is 23.9 Å². The van der Waals surface area contributed by atoms with Gasteiger partial charge in [-0.2, -0.15) is 0 Å². The first-order chi connectivity index (χ1) is 8.77. The fourth-order valence-corrected chi connectivity index (χ4v) is 3.40. The van der Waals surface area contributed by atoms with E-state index in [2.05, 4.69) is 43.2 Å². The Hall–Kier alpha value is -0.590. The van der Waals surface area contributed by atoms with Crippen LogP contribution in [0.25, 0.3) is 0 Å². The van der Waals surface area contributed by atoms with Crippen molar-refractivity contribution >= 4 is 11.8 Å². The monoisotopic (exact) mass is 286 g/mol. The number of aliphatic hydroxyl groups excluding tert-OH is 1. The molecule has 0 aliphatic carbocycles. The molecule has 1 rings (SSSR count). The van der Waals surface area contributed by atoms with Crippen LogP contribution in [-0.4, -0.2) is 43.3 Å². The summed E-state index contributed by atoms with van der Waals surface area (Å²) < 4.78 is 1.99. The molecule has 0 aliphatic rings. The molecule has 0 radical (unpaired) electrons. The van der Waals surface area contributed by atoms with Gasteiger partial charge in [0.05, 0.1) is 6.61 Å². The second-order valence-corrected chi connectivity index (χ2v) is 7.14. The molecule has 6 heteroatoms. The fraction of sp³-hybridized carbons (Fsp3) is 0.846. The Bertz CT molecular complexity index is 407. The molecular formula is C13H26N4OS. The Morgan fingerprint density at radius 2 is 2.00 bits per heavy atom. The van der Waals surface area contributed by atoms with Gasteiger partial charge in [-0.15, -0.1) is 10.2 Å². The van der Waals surface area contributed by atoms with Crippen LogP contribution in [0.4, 0.5) is 0 Å². The van der Waals surface area contributed by atoms with Gasteiger partial charge in [0.15, 0.2) is 5.16 Å². The summed E-state index contributed by atoms with van der Waals surface area (Å²) in [5.41, 5.74) is -0.256. The normalized spacial score (nSPS) is 16.6. The average Bonchev–Trinajstić information content (AvgIpc) is 2.59. The Kier molecular flexibility index (Phi) is 5.82. The third-order valence-electron chi connectivity index (χ3n) is 3.08. The molecule has 2 atom stereocenters. The lowest BCUT2D eigenvalue weighted by Crippen LogP contribution is -2.50. The van der Waals surface area contributed by atoms with Crippen LogP contribution >= 0.6 is 11.8 Å². The van der Waals surface area contributed by atoms with Crippen LogP contribution in [0.1, 0.15) is 39.9 Å². The number of thioether (sulfide) groups is 1. The SMILES string of the molecule is Cc1nnc(SC(C)CC(C)(CO)NC(C)C)n1C. The van der Waals surface area contributed by atoms with E-state index >= 15 is 0 Å². The predicted molar refractivity (Wildman–Crippen MR) is 79.4 cm³/mol. The molecule has 110 valence electrons. The number of aliphatic hydroxyl groups is 1. The molecule has 2 unspecified atom stereocenters. The molecule has 1 aromatic rings. The van der Waals surface area contributed by atoms with Crippen LogP contribution in [0.2, 0.25) is 0 Å². The lowest BCUT2D eigenvalue weighted by atomic mass is 9.96. The van der Waals surface area contributed by atoms with Gasteiger partial charge in [-0.25, -0.2) is 0 Å². The van der Waals surface area contributed by atoms with E-state index in [1.165, 1.54) is 0 Å². The zero-order valence-electron chi connectivity index (χ0n) is 12.8. The van der Waals surface area contributed by atoms with Gasteiger partial charge in [-0.1, -0.05) is 32.5 Å². The van der Waals surface area contributed by atoms with Gasteiger partial charge < -0.3 is 15.0 Å². The quantitative estimate of drug-likeness (QED) is 0.748. The summed E-state index contributed by atoms with van der Waals surface area (Å²) in [5, 5.41) is 22.5. The van der Waals surface area contributed by atoms with Gasteiger partial charge in [0.2, 0.25) is 0 Å². The molecule has 0 saturated carbocycles. The second kappa shape index (κ2) is 6.72. The maximum Gasteiger partial charge on any atom is 0.191 e. The molecule has 0 spiro atoms. The van der Waals surface area contributed by atoms with Crippen molar-refractivity contribution < 1.29 is 5.11 Å². The van der Waals surface area contributed by atoms with Gasteiger partial charge >= 0.3 is 0 Å². The maximum atomic E-state index is 9.60. The average molecular weight is 286 g/mol. The standard InChI is InChI=1S/C13H26N4OS/c1-9(2)14-13(5,8-18)7-10(3)19-12-16-15-11(4)17(12)6/h9-10,14,18H,7-8H2,1-6H3. The first-order valence-electron chi connectivity index (χ1n) is 6.68. The van der Waals surface area contributed by atoms with E-state index in [1.54, 1.807) is 11.8 Å². The summed E-state index contributed by atoms with van der Waals surface area (Å²) in [4.78, 5) is 0. The molecule has 2 N–H and O–H groups in total. The summed E-state index contributed by atoms with van der Waals surface area (Å²) in [5.74, 6) is 0.917. The number of aromatic nitrogens is 3. The van der Waals surface area contributed by atoms with Gasteiger partial charge in [-0.05, 0) is 20.3 Å². The molecule has 0 aromatic carbocycles. The number of aryl methyl sites for hydroxylation is 1. The van der Waals surface area contributed by atoms with Gasteiger partial charge in [-0.3, -0.25) is 0 Å². The molecular weight excluding hydrogens is 260 g/mol. The molecule has 1 heterocycles. The minimum absolute atomic E-state index is 0.133. The summed E-state index contributed by atoms with van der Waals surface area (Å²) in [7, 11) is 1.97. The van der Waals surface area contributed by atoms with Crippen LogP contribution < -0.4 is 5.32 Å². The lowest BCUT2D eigenvalue weighted by molar-refractivity contribution is 0.157. The number of hydrogen-bond donors (Lipinski definition) is 2. The number of nitrogens with zero attached hydrogens (tertiary/aromatic N) is 3.